The second-order valence-corrected chi connectivity index (χ2v) is 15.2. The summed E-state index contributed by atoms with van der Waals surface area (Å²) >= 11 is 0. The lowest BCUT2D eigenvalue weighted by Crippen LogP contribution is -2.25. The van der Waals surface area contributed by atoms with Gasteiger partial charge in [0, 0.05) is 0 Å². The molecule has 0 saturated heterocycles. The SMILES string of the molecule is CC(O)C(O)CO.Cc1cc(C)c(S(=O)(=O)O)c(C)c1.Cc1cc(C)c(S(=O)(=O)O)c(C)c1.Cc1cc(C)c(S(=O)(=O)O)c(C)c1. The second kappa shape index (κ2) is 17.4. The Bertz CT molecular complexity index is 1560. The first kappa shape index (κ1) is 43.3. The molecule has 260 valence electrons. The van der Waals surface area contributed by atoms with E-state index < -0.39 is 42.6 Å². The van der Waals surface area contributed by atoms with Crippen LogP contribution in [0.2, 0.25) is 0 Å². The van der Waals surface area contributed by atoms with Crippen molar-refractivity contribution in [1.82, 2.24) is 0 Å². The monoisotopic (exact) mass is 706 g/mol. The zero-order valence-corrected chi connectivity index (χ0v) is 30.1. The Morgan fingerprint density at radius 2 is 0.652 bits per heavy atom. The minimum atomic E-state index is -4.08. The van der Waals surface area contributed by atoms with Gasteiger partial charge in [0.1, 0.15) is 6.10 Å². The van der Waals surface area contributed by atoms with E-state index >= 15 is 0 Å². The Morgan fingerprint density at radius 1 is 0.478 bits per heavy atom. The first-order chi connectivity index (χ1) is 20.6. The maximum absolute atomic E-state index is 10.9. The summed E-state index contributed by atoms with van der Waals surface area (Å²) in [6, 6.07) is 10.4. The highest BCUT2D eigenvalue weighted by Crippen LogP contribution is 2.23. The minimum absolute atomic E-state index is 0.0260. The van der Waals surface area contributed by atoms with E-state index in [1.54, 1.807) is 77.9 Å². The number of aliphatic hydroxyl groups excluding tert-OH is 3. The fourth-order valence-corrected chi connectivity index (χ4v) is 7.67. The smallest absolute Gasteiger partial charge is 0.295 e. The van der Waals surface area contributed by atoms with Gasteiger partial charge in [-0.25, -0.2) is 0 Å². The summed E-state index contributed by atoms with van der Waals surface area (Å²) < 4.78 is 92.4. The minimum Gasteiger partial charge on any atom is -0.394 e. The maximum Gasteiger partial charge on any atom is 0.295 e. The predicted molar refractivity (Wildman–Crippen MR) is 176 cm³/mol. The summed E-state index contributed by atoms with van der Waals surface area (Å²) in [6.07, 6.45) is -1.81. The molecule has 0 bridgehead atoms. The Morgan fingerprint density at radius 3 is 0.739 bits per heavy atom. The zero-order chi connectivity index (χ0) is 36.5. The summed E-state index contributed by atoms with van der Waals surface area (Å²) in [4.78, 5) is 0.0781. The van der Waals surface area contributed by atoms with Crippen LogP contribution in [0.3, 0.4) is 0 Å². The van der Waals surface area contributed by atoms with Crippen LogP contribution in [-0.2, 0) is 30.4 Å². The molecule has 0 amide bonds. The molecule has 3 aromatic rings. The van der Waals surface area contributed by atoms with Gasteiger partial charge in [-0.05, 0) is 103 Å². The molecule has 0 radical (unpaired) electrons. The molecule has 12 nitrogen and oxygen atoms in total. The van der Waals surface area contributed by atoms with Gasteiger partial charge in [0.05, 0.1) is 27.4 Å². The Hall–Kier alpha value is -2.73. The van der Waals surface area contributed by atoms with Crippen molar-refractivity contribution in [3.8, 4) is 0 Å². The van der Waals surface area contributed by atoms with Crippen molar-refractivity contribution in [2.45, 2.75) is 96.1 Å². The van der Waals surface area contributed by atoms with Crippen LogP contribution in [0.4, 0.5) is 0 Å². The maximum atomic E-state index is 10.9. The van der Waals surface area contributed by atoms with Gasteiger partial charge in [-0.2, -0.15) is 25.3 Å². The number of aliphatic hydroxyl groups is 3. The molecule has 0 saturated carbocycles. The molecule has 3 aromatic carbocycles. The molecule has 0 heterocycles. The first-order valence-electron chi connectivity index (χ1n) is 13.8. The van der Waals surface area contributed by atoms with E-state index in [0.717, 1.165) is 16.7 Å². The van der Waals surface area contributed by atoms with Crippen molar-refractivity contribution in [2.75, 3.05) is 6.61 Å². The average molecular weight is 707 g/mol. The van der Waals surface area contributed by atoms with Crippen molar-refractivity contribution in [3.63, 3.8) is 0 Å². The Balaban J connectivity index is 0.000000601. The van der Waals surface area contributed by atoms with E-state index in [1.807, 2.05) is 20.8 Å². The topological polar surface area (TPSA) is 224 Å². The summed E-state index contributed by atoms with van der Waals surface area (Å²) in [5.41, 5.74) is 6.47. The molecule has 46 heavy (non-hydrogen) atoms. The van der Waals surface area contributed by atoms with Gasteiger partial charge in [0.15, 0.2) is 0 Å². The van der Waals surface area contributed by atoms with E-state index in [2.05, 4.69) is 0 Å². The van der Waals surface area contributed by atoms with Gasteiger partial charge >= 0.3 is 0 Å². The van der Waals surface area contributed by atoms with Crippen molar-refractivity contribution in [3.05, 3.63) is 86.5 Å². The number of hydrogen-bond acceptors (Lipinski definition) is 9. The third-order valence-electron chi connectivity index (χ3n) is 6.33. The van der Waals surface area contributed by atoms with Crippen LogP contribution < -0.4 is 0 Å². The lowest BCUT2D eigenvalue weighted by Gasteiger charge is -2.07. The Kier molecular flexibility index (Phi) is 16.4. The van der Waals surface area contributed by atoms with Crippen molar-refractivity contribution in [1.29, 1.82) is 0 Å². The van der Waals surface area contributed by atoms with Crippen LogP contribution in [0.15, 0.2) is 51.1 Å². The van der Waals surface area contributed by atoms with Crippen LogP contribution in [0.25, 0.3) is 0 Å². The molecule has 2 atom stereocenters. The largest absolute Gasteiger partial charge is 0.394 e. The summed E-state index contributed by atoms with van der Waals surface area (Å²) in [6.45, 7) is 16.7. The lowest BCUT2D eigenvalue weighted by atomic mass is 10.1. The third-order valence-corrected chi connectivity index (χ3v) is 9.81. The van der Waals surface area contributed by atoms with Gasteiger partial charge in [0.2, 0.25) is 0 Å². The number of aryl methyl sites for hydroxylation is 9. The number of hydrogen-bond donors (Lipinski definition) is 6. The molecule has 0 aliphatic carbocycles. The van der Waals surface area contributed by atoms with E-state index in [0.29, 0.717) is 33.4 Å². The lowest BCUT2D eigenvalue weighted by molar-refractivity contribution is -0.00425. The standard InChI is InChI=1S/3C9H12O3S.C4H10O3/c3*1-6-4-7(2)9(8(3)5-6)13(10,11)12;1-3(6)4(7)2-5/h3*4-5H,1-3H3,(H,10,11,12);3-7H,2H2,1H3. The van der Waals surface area contributed by atoms with Gasteiger partial charge in [-0.15, -0.1) is 0 Å². The molecular weight excluding hydrogens is 661 g/mol. The first-order valence-corrected chi connectivity index (χ1v) is 18.1. The quantitative estimate of drug-likeness (QED) is 0.204. The van der Waals surface area contributed by atoms with E-state index in [9.17, 15) is 25.3 Å². The average Bonchev–Trinajstić information content (AvgIpc) is 2.79. The molecule has 3 rings (SSSR count). The van der Waals surface area contributed by atoms with Gasteiger partial charge in [-0.1, -0.05) is 53.1 Å². The van der Waals surface area contributed by atoms with Gasteiger partial charge in [0.25, 0.3) is 30.4 Å². The zero-order valence-electron chi connectivity index (χ0n) is 27.7. The molecular formula is C31H46O12S3. The normalized spacial score (nSPS) is 12.8. The summed E-state index contributed by atoms with van der Waals surface area (Å²) in [5, 5.41) is 24.9. The van der Waals surface area contributed by atoms with Crippen LogP contribution in [0.1, 0.15) is 57.0 Å². The van der Waals surface area contributed by atoms with Crippen LogP contribution in [0.5, 0.6) is 0 Å². The number of benzene rings is 3. The fourth-order valence-electron chi connectivity index (χ4n) is 4.87. The molecule has 6 N–H and O–H groups in total. The molecule has 2 unspecified atom stereocenters. The summed E-state index contributed by atoms with van der Waals surface area (Å²) in [5.74, 6) is 0. The second-order valence-electron chi connectivity index (χ2n) is 11.1. The van der Waals surface area contributed by atoms with Crippen LogP contribution in [0, 0.1) is 62.3 Å². The van der Waals surface area contributed by atoms with Crippen LogP contribution >= 0.6 is 0 Å². The molecule has 0 aliphatic rings. The highest BCUT2D eigenvalue weighted by Gasteiger charge is 2.18. The molecule has 0 spiro atoms. The highest BCUT2D eigenvalue weighted by atomic mass is 32.2. The van der Waals surface area contributed by atoms with E-state index in [4.69, 9.17) is 29.0 Å². The van der Waals surface area contributed by atoms with E-state index in [1.165, 1.54) is 6.92 Å². The van der Waals surface area contributed by atoms with Crippen molar-refractivity contribution < 1.29 is 54.2 Å². The van der Waals surface area contributed by atoms with Gasteiger partial charge in [-0.3, -0.25) is 13.7 Å². The van der Waals surface area contributed by atoms with E-state index in [-0.39, 0.29) is 21.3 Å². The number of rotatable bonds is 5. The highest BCUT2D eigenvalue weighted by molar-refractivity contribution is 7.86. The third kappa shape index (κ3) is 13.9. The molecule has 0 aliphatic heterocycles. The predicted octanol–water partition coefficient (Wildman–Crippen LogP) is 4.30. The van der Waals surface area contributed by atoms with Crippen molar-refractivity contribution >= 4 is 30.4 Å². The molecule has 0 aromatic heterocycles. The summed E-state index contributed by atoms with van der Waals surface area (Å²) in [7, 11) is -12.2. The van der Waals surface area contributed by atoms with Crippen molar-refractivity contribution in [2.24, 2.45) is 0 Å². The molecule has 0 fully saturated rings. The molecule has 15 heteroatoms. The Labute approximate surface area is 273 Å². The van der Waals surface area contributed by atoms with Crippen LogP contribution in [-0.4, -0.2) is 73.0 Å². The van der Waals surface area contributed by atoms with Gasteiger partial charge < -0.3 is 15.3 Å². The fraction of sp³-hybridized carbons (Fsp3) is 0.419.